The van der Waals surface area contributed by atoms with Crippen LogP contribution in [0.3, 0.4) is 0 Å². The lowest BCUT2D eigenvalue weighted by Gasteiger charge is -2.43. The summed E-state index contributed by atoms with van der Waals surface area (Å²) in [5.74, 6) is -5.80. The van der Waals surface area contributed by atoms with Gasteiger partial charge in [0.05, 0.1) is 10.9 Å². The molecule has 9 heteroatoms. The summed E-state index contributed by atoms with van der Waals surface area (Å²) >= 11 is 0. The summed E-state index contributed by atoms with van der Waals surface area (Å²) in [5.41, 5.74) is 0. The van der Waals surface area contributed by atoms with Crippen molar-refractivity contribution in [2.75, 3.05) is 0 Å². The Morgan fingerprint density at radius 1 is 0.634 bits per heavy atom. The molecule has 4 bridgehead atoms. The molecule has 0 saturated heterocycles. The Labute approximate surface area is 241 Å². The molecule has 0 spiro atoms. The Morgan fingerprint density at radius 2 is 1.07 bits per heavy atom. The van der Waals surface area contributed by atoms with E-state index in [-0.39, 0.29) is 29.2 Å². The van der Waals surface area contributed by atoms with E-state index in [1.165, 1.54) is 14.7 Å². The Bertz CT molecular complexity index is 1360. The first-order valence-electron chi connectivity index (χ1n) is 14.1. The molecular formula is C32H32F4O3S2. The van der Waals surface area contributed by atoms with Gasteiger partial charge in [0.25, 0.3) is 0 Å². The monoisotopic (exact) mass is 604 g/mol. The molecule has 3 aromatic rings. The lowest BCUT2D eigenvalue weighted by atomic mass is 9.66. The Hall–Kier alpha value is -2.36. The number of rotatable bonds is 6. The van der Waals surface area contributed by atoms with Crippen LogP contribution >= 0.6 is 0 Å². The van der Waals surface area contributed by atoms with E-state index in [1.54, 1.807) is 0 Å². The maximum Gasteiger partial charge on any atom is 0.396 e. The van der Waals surface area contributed by atoms with E-state index in [9.17, 15) is 30.5 Å². The molecule has 3 aromatic carbocycles. The first-order chi connectivity index (χ1) is 19.5. The Balaban J connectivity index is 0.000000149. The summed E-state index contributed by atoms with van der Waals surface area (Å²) in [7, 11) is -6.39. The van der Waals surface area contributed by atoms with E-state index >= 15 is 0 Å². The summed E-state index contributed by atoms with van der Waals surface area (Å²) < 4.78 is 87.5. The maximum atomic E-state index is 14.2. The van der Waals surface area contributed by atoms with Crippen molar-refractivity contribution < 1.29 is 30.5 Å². The average molecular weight is 605 g/mol. The molecule has 0 aliphatic heterocycles. The van der Waals surface area contributed by atoms with Gasteiger partial charge in [-0.3, -0.25) is 0 Å². The van der Waals surface area contributed by atoms with Crippen LogP contribution in [0.2, 0.25) is 0 Å². The molecule has 0 amide bonds. The van der Waals surface area contributed by atoms with E-state index in [4.69, 9.17) is 0 Å². The Morgan fingerprint density at radius 3 is 1.51 bits per heavy atom. The first-order valence-corrected chi connectivity index (χ1v) is 16.7. The molecule has 4 fully saturated rings. The summed E-state index contributed by atoms with van der Waals surface area (Å²) in [6.45, 7) is 0. The quantitative estimate of drug-likeness (QED) is 0.125. The van der Waals surface area contributed by atoms with Gasteiger partial charge in [-0.2, -0.15) is 17.6 Å². The van der Waals surface area contributed by atoms with Crippen LogP contribution in [-0.4, -0.2) is 24.1 Å². The van der Waals surface area contributed by atoms with Crippen LogP contribution in [0.1, 0.15) is 32.1 Å². The highest BCUT2D eigenvalue weighted by Crippen LogP contribution is 2.71. The molecule has 41 heavy (non-hydrogen) atoms. The normalized spacial score (nSPS) is 30.2. The minimum Gasteiger partial charge on any atom is -0.743 e. The van der Waals surface area contributed by atoms with Gasteiger partial charge < -0.3 is 4.55 Å². The summed E-state index contributed by atoms with van der Waals surface area (Å²) in [5, 5.41) is -5.53. The molecule has 7 atom stereocenters. The van der Waals surface area contributed by atoms with Crippen LogP contribution in [0.15, 0.2) is 106 Å². The third-order valence-corrected chi connectivity index (χ3v) is 13.0. The molecule has 7 rings (SSSR count). The SMILES string of the molecule is O=S(=O)([O-])C(F)(F)C(F)(F)C1CC2CC1C1C3CCC(C3)C21.c1ccc([S+](c2ccccc2)c2ccccc2)cc1. The molecule has 0 heterocycles. The van der Waals surface area contributed by atoms with Gasteiger partial charge in [-0.15, -0.1) is 0 Å². The fourth-order valence-corrected chi connectivity index (χ4v) is 11.0. The number of benzene rings is 3. The fourth-order valence-electron chi connectivity index (χ4n) is 8.44. The van der Waals surface area contributed by atoms with Crippen molar-refractivity contribution in [3.8, 4) is 0 Å². The van der Waals surface area contributed by atoms with Crippen molar-refractivity contribution in [1.29, 1.82) is 0 Å². The second-order valence-corrected chi connectivity index (χ2v) is 15.3. The first kappa shape index (κ1) is 28.7. The van der Waals surface area contributed by atoms with Gasteiger partial charge >= 0.3 is 11.2 Å². The van der Waals surface area contributed by atoms with E-state index in [0.717, 1.165) is 19.3 Å². The molecular weight excluding hydrogens is 572 g/mol. The van der Waals surface area contributed by atoms with Crippen molar-refractivity contribution in [3.63, 3.8) is 0 Å². The second-order valence-electron chi connectivity index (χ2n) is 11.8. The lowest BCUT2D eigenvalue weighted by Crippen LogP contribution is -2.54. The van der Waals surface area contributed by atoms with E-state index in [1.807, 2.05) is 0 Å². The van der Waals surface area contributed by atoms with Crippen LogP contribution in [0.4, 0.5) is 17.6 Å². The van der Waals surface area contributed by atoms with Crippen molar-refractivity contribution >= 4 is 21.0 Å². The van der Waals surface area contributed by atoms with E-state index in [2.05, 4.69) is 91.0 Å². The molecule has 4 aliphatic carbocycles. The van der Waals surface area contributed by atoms with Crippen molar-refractivity contribution in [2.45, 2.75) is 58.0 Å². The second kappa shape index (κ2) is 10.7. The van der Waals surface area contributed by atoms with Crippen LogP contribution < -0.4 is 0 Å². The predicted molar refractivity (Wildman–Crippen MR) is 149 cm³/mol. The van der Waals surface area contributed by atoms with Crippen molar-refractivity contribution in [3.05, 3.63) is 91.0 Å². The van der Waals surface area contributed by atoms with Crippen molar-refractivity contribution in [2.24, 2.45) is 41.4 Å². The largest absolute Gasteiger partial charge is 0.743 e. The minimum absolute atomic E-state index is 0.00803. The highest BCUT2D eigenvalue weighted by atomic mass is 32.2. The van der Waals surface area contributed by atoms with E-state index < -0.39 is 33.1 Å². The van der Waals surface area contributed by atoms with Crippen LogP contribution in [0.5, 0.6) is 0 Å². The summed E-state index contributed by atoms with van der Waals surface area (Å²) in [4.78, 5) is 4.08. The third kappa shape index (κ3) is 4.91. The third-order valence-electron chi connectivity index (χ3n) is 9.84. The lowest BCUT2D eigenvalue weighted by molar-refractivity contribution is -0.210. The number of halogens is 4. The number of hydrogen-bond donors (Lipinski definition) is 0. The van der Waals surface area contributed by atoms with Gasteiger partial charge in [-0.1, -0.05) is 54.6 Å². The van der Waals surface area contributed by atoms with Crippen LogP contribution in [0.25, 0.3) is 0 Å². The Kier molecular flexibility index (Phi) is 7.52. The molecule has 218 valence electrons. The van der Waals surface area contributed by atoms with Gasteiger partial charge in [-0.25, -0.2) is 8.42 Å². The number of hydrogen-bond acceptors (Lipinski definition) is 3. The highest BCUT2D eigenvalue weighted by molar-refractivity contribution is 7.97. The molecule has 4 saturated carbocycles. The summed E-state index contributed by atoms with van der Waals surface area (Å²) in [6.07, 6.45) is 3.46. The van der Waals surface area contributed by atoms with Crippen molar-refractivity contribution in [1.82, 2.24) is 0 Å². The molecule has 7 unspecified atom stereocenters. The molecule has 0 aromatic heterocycles. The van der Waals surface area contributed by atoms with E-state index in [0.29, 0.717) is 24.2 Å². The minimum atomic E-state index is -6.38. The van der Waals surface area contributed by atoms with Crippen LogP contribution in [-0.2, 0) is 21.0 Å². The average Bonchev–Trinajstić information content (AvgIpc) is 3.76. The molecule has 0 radical (unpaired) electrons. The van der Waals surface area contributed by atoms with Crippen LogP contribution in [0, 0.1) is 41.4 Å². The topological polar surface area (TPSA) is 57.2 Å². The summed E-state index contributed by atoms with van der Waals surface area (Å²) in [6, 6.07) is 32.2. The van der Waals surface area contributed by atoms with Gasteiger partial charge in [0, 0.05) is 5.92 Å². The highest BCUT2D eigenvalue weighted by Gasteiger charge is 2.73. The van der Waals surface area contributed by atoms with Gasteiger partial charge in [-0.05, 0) is 104 Å². The predicted octanol–water partition coefficient (Wildman–Crippen LogP) is 7.86. The van der Waals surface area contributed by atoms with Gasteiger partial charge in [0.15, 0.2) is 24.8 Å². The standard InChI is InChI=1S/C18H15S.C14H18F4O3S/c1-4-10-16(11-5-1)19(17-12-6-2-7-13-17)18-14-8-3-9-15-18;15-13(16,14(17,18)22(19,20)21)10-5-8-4-9(10)12-7-2-1-6(3-7)11(8)12/h1-15H;6-12H,1-5H2,(H,19,20,21)/q+1;/p-1. The van der Waals surface area contributed by atoms with Gasteiger partial charge in [0.2, 0.25) is 0 Å². The fraction of sp³-hybridized carbons (Fsp3) is 0.438. The van der Waals surface area contributed by atoms with Gasteiger partial charge in [0.1, 0.15) is 0 Å². The smallest absolute Gasteiger partial charge is 0.396 e. The molecule has 0 N–H and O–H groups in total. The zero-order valence-corrected chi connectivity index (χ0v) is 23.9. The number of fused-ring (bicyclic) bond motifs is 9. The maximum absolute atomic E-state index is 14.2. The number of alkyl halides is 4. The zero-order chi connectivity index (χ0) is 29.0. The molecule has 3 nitrogen and oxygen atoms in total. The zero-order valence-electron chi connectivity index (χ0n) is 22.3. The molecule has 4 aliphatic rings.